The summed E-state index contributed by atoms with van der Waals surface area (Å²) >= 11 is 1.66. The normalized spacial score (nSPS) is 12.0. The van der Waals surface area contributed by atoms with Crippen LogP contribution in [0, 0.1) is 0 Å². The molecule has 146 valence electrons. The van der Waals surface area contributed by atoms with Gasteiger partial charge in [-0.05, 0) is 35.1 Å². The highest BCUT2D eigenvalue weighted by atomic mass is 32.1. The molecule has 0 bridgehead atoms. The molecule has 1 atom stereocenters. The van der Waals surface area contributed by atoms with Crippen molar-refractivity contribution in [1.82, 2.24) is 10.9 Å². The lowest BCUT2D eigenvalue weighted by atomic mass is 9.98. The molecule has 1 aromatic carbocycles. The highest BCUT2D eigenvalue weighted by molar-refractivity contribution is 7.10. The second kappa shape index (κ2) is 9.34. The number of nitrogens with two attached hydrogens (primary N) is 1. The van der Waals surface area contributed by atoms with E-state index in [-0.39, 0.29) is 24.3 Å². The lowest BCUT2D eigenvalue weighted by Crippen LogP contribution is -2.88. The number of furan rings is 1. The van der Waals surface area contributed by atoms with Gasteiger partial charge in [-0.1, -0.05) is 44.2 Å². The highest BCUT2D eigenvalue weighted by Crippen LogP contribution is 2.24. The van der Waals surface area contributed by atoms with E-state index in [9.17, 15) is 9.59 Å². The van der Waals surface area contributed by atoms with Crippen LogP contribution in [0.3, 0.4) is 0 Å². The second-order valence-electron chi connectivity index (χ2n) is 6.73. The number of hydrazine groups is 1. The number of carbonyl (C=O) groups is 2. The fourth-order valence-electron chi connectivity index (χ4n) is 2.84. The number of nitrogens with one attached hydrogen (secondary N) is 2. The first-order chi connectivity index (χ1) is 13.5. The van der Waals surface area contributed by atoms with Gasteiger partial charge in [-0.15, -0.1) is 11.3 Å². The van der Waals surface area contributed by atoms with E-state index in [1.54, 1.807) is 17.4 Å². The average Bonchev–Trinajstić information content (AvgIpc) is 3.41. The van der Waals surface area contributed by atoms with Gasteiger partial charge in [0.2, 0.25) is 0 Å². The lowest BCUT2D eigenvalue weighted by Gasteiger charge is -2.16. The molecule has 0 saturated carbocycles. The van der Waals surface area contributed by atoms with E-state index < -0.39 is 5.91 Å². The maximum absolute atomic E-state index is 12.2. The molecule has 0 aliphatic rings. The van der Waals surface area contributed by atoms with Crippen molar-refractivity contribution < 1.29 is 19.3 Å². The molecule has 2 aromatic heterocycles. The van der Waals surface area contributed by atoms with Crippen LogP contribution in [0.25, 0.3) is 0 Å². The summed E-state index contributed by atoms with van der Waals surface area (Å²) in [4.78, 5) is 25.2. The number of thiophene rings is 1. The Bertz CT molecular complexity index is 888. The van der Waals surface area contributed by atoms with Crippen LogP contribution in [0.1, 0.15) is 52.4 Å². The van der Waals surface area contributed by atoms with Gasteiger partial charge in [0.25, 0.3) is 5.91 Å². The number of amides is 2. The highest BCUT2D eigenvalue weighted by Gasteiger charge is 2.20. The summed E-state index contributed by atoms with van der Waals surface area (Å²) in [5.41, 5.74) is 7.20. The second-order valence-corrected chi connectivity index (χ2v) is 7.71. The van der Waals surface area contributed by atoms with Crippen LogP contribution in [0.15, 0.2) is 64.6 Å². The molecule has 0 radical (unpaired) electrons. The fourth-order valence-corrected chi connectivity index (χ4v) is 3.70. The number of carbonyl (C=O) groups excluding carboxylic acids is 2. The van der Waals surface area contributed by atoms with E-state index in [4.69, 9.17) is 4.42 Å². The summed E-state index contributed by atoms with van der Waals surface area (Å²) in [6.07, 6.45) is 1.40. The lowest BCUT2D eigenvalue weighted by molar-refractivity contribution is -0.676. The standard InChI is InChI=1S/C21H23N3O3S/c1-14(2)15-7-9-16(10-8-15)20(18-6-4-12-28-18)22-13-19(25)23-24-21(26)17-5-3-11-27-17/h3-12,14,20,22H,13H2,1-2H3,(H,23,25)(H,24,26)/p+1/t20-/m1/s1. The SMILES string of the molecule is CC(C)c1ccc([C@@H]([NH2+]CC(=O)NNC(=O)c2ccco2)c2cccs2)cc1. The monoisotopic (exact) mass is 398 g/mol. The van der Waals surface area contributed by atoms with Gasteiger partial charge in [0.15, 0.2) is 12.3 Å². The summed E-state index contributed by atoms with van der Waals surface area (Å²) in [7, 11) is 0. The molecule has 2 amide bonds. The van der Waals surface area contributed by atoms with Gasteiger partial charge < -0.3 is 9.73 Å². The largest absolute Gasteiger partial charge is 0.459 e. The Hall–Kier alpha value is -2.90. The molecule has 0 spiro atoms. The van der Waals surface area contributed by atoms with E-state index in [2.05, 4.69) is 55.0 Å². The fraction of sp³-hybridized carbons (Fsp3) is 0.238. The molecule has 0 fully saturated rings. The Morgan fingerprint density at radius 3 is 2.39 bits per heavy atom. The van der Waals surface area contributed by atoms with Gasteiger partial charge in [-0.25, -0.2) is 0 Å². The Morgan fingerprint density at radius 2 is 1.79 bits per heavy atom. The topological polar surface area (TPSA) is 88.0 Å². The quantitative estimate of drug-likeness (QED) is 0.535. The van der Waals surface area contributed by atoms with Crippen molar-refractivity contribution in [1.29, 1.82) is 0 Å². The van der Waals surface area contributed by atoms with Gasteiger partial charge >= 0.3 is 5.91 Å². The summed E-state index contributed by atoms with van der Waals surface area (Å²) in [6, 6.07) is 15.7. The predicted molar refractivity (Wildman–Crippen MR) is 108 cm³/mol. The Kier molecular flexibility index (Phi) is 6.62. The third-order valence-electron chi connectivity index (χ3n) is 4.41. The van der Waals surface area contributed by atoms with Crippen LogP contribution in [-0.4, -0.2) is 18.4 Å². The zero-order valence-corrected chi connectivity index (χ0v) is 16.7. The first kappa shape index (κ1) is 19.9. The van der Waals surface area contributed by atoms with Crippen molar-refractivity contribution >= 4 is 23.2 Å². The average molecular weight is 399 g/mol. The third-order valence-corrected chi connectivity index (χ3v) is 5.37. The molecule has 0 aliphatic heterocycles. The molecule has 0 saturated heterocycles. The van der Waals surface area contributed by atoms with Gasteiger partial charge in [0, 0.05) is 5.56 Å². The number of benzene rings is 1. The minimum atomic E-state index is -0.488. The minimum Gasteiger partial charge on any atom is -0.459 e. The Morgan fingerprint density at radius 1 is 1.04 bits per heavy atom. The summed E-state index contributed by atoms with van der Waals surface area (Å²) in [5, 5.41) is 3.99. The van der Waals surface area contributed by atoms with E-state index in [1.807, 2.05) is 16.8 Å². The summed E-state index contributed by atoms with van der Waals surface area (Å²) in [5.74, 6) is -0.162. The van der Waals surface area contributed by atoms with Gasteiger partial charge in [0.05, 0.1) is 11.1 Å². The molecular formula is C21H24N3O3S+. The third kappa shape index (κ3) is 5.09. The minimum absolute atomic E-state index is 0.0211. The number of hydrogen-bond acceptors (Lipinski definition) is 4. The molecule has 6 nitrogen and oxygen atoms in total. The van der Waals surface area contributed by atoms with Crippen LogP contribution in [0.4, 0.5) is 0 Å². The van der Waals surface area contributed by atoms with E-state index in [1.165, 1.54) is 22.8 Å². The van der Waals surface area contributed by atoms with Crippen LogP contribution in [-0.2, 0) is 4.79 Å². The maximum Gasteiger partial charge on any atom is 0.305 e. The molecular weight excluding hydrogens is 374 g/mol. The molecule has 7 heteroatoms. The number of rotatable bonds is 7. The first-order valence-corrected chi connectivity index (χ1v) is 10.0. The van der Waals surface area contributed by atoms with Crippen molar-refractivity contribution in [2.24, 2.45) is 0 Å². The van der Waals surface area contributed by atoms with E-state index >= 15 is 0 Å². The predicted octanol–water partition coefficient (Wildman–Crippen LogP) is 2.58. The summed E-state index contributed by atoms with van der Waals surface area (Å²) in [6.45, 7) is 4.51. The molecule has 0 aliphatic carbocycles. The zero-order valence-electron chi connectivity index (χ0n) is 15.8. The van der Waals surface area contributed by atoms with E-state index in [0.717, 1.165) is 5.56 Å². The van der Waals surface area contributed by atoms with Crippen molar-refractivity contribution in [2.75, 3.05) is 6.54 Å². The molecule has 2 heterocycles. The molecule has 28 heavy (non-hydrogen) atoms. The molecule has 3 aromatic rings. The van der Waals surface area contributed by atoms with Crippen molar-refractivity contribution in [2.45, 2.75) is 25.8 Å². The summed E-state index contributed by atoms with van der Waals surface area (Å²) < 4.78 is 4.99. The van der Waals surface area contributed by atoms with Gasteiger partial charge in [0.1, 0.15) is 6.04 Å². The van der Waals surface area contributed by atoms with Gasteiger partial charge in [-0.2, -0.15) is 0 Å². The van der Waals surface area contributed by atoms with Crippen molar-refractivity contribution in [3.63, 3.8) is 0 Å². The van der Waals surface area contributed by atoms with E-state index in [0.29, 0.717) is 5.92 Å². The first-order valence-electron chi connectivity index (χ1n) is 9.14. The van der Waals surface area contributed by atoms with Crippen LogP contribution < -0.4 is 16.2 Å². The smallest absolute Gasteiger partial charge is 0.305 e. The molecule has 0 unspecified atom stereocenters. The maximum atomic E-state index is 12.2. The van der Waals surface area contributed by atoms with Crippen LogP contribution in [0.5, 0.6) is 0 Å². The van der Waals surface area contributed by atoms with Crippen molar-refractivity contribution in [3.8, 4) is 0 Å². The van der Waals surface area contributed by atoms with Crippen molar-refractivity contribution in [3.05, 3.63) is 81.9 Å². The van der Waals surface area contributed by atoms with Crippen LogP contribution >= 0.6 is 11.3 Å². The van der Waals surface area contributed by atoms with Crippen LogP contribution in [0.2, 0.25) is 0 Å². The molecule has 4 N–H and O–H groups in total. The zero-order chi connectivity index (χ0) is 19.9. The molecule has 3 rings (SSSR count). The number of hydrogen-bond donors (Lipinski definition) is 3. The number of quaternary nitrogens is 1. The Balaban J connectivity index is 1.60. The Labute approximate surface area is 167 Å². The van der Waals surface area contributed by atoms with Gasteiger partial charge in [-0.3, -0.25) is 20.4 Å².